The van der Waals surface area contributed by atoms with Crippen LogP contribution < -0.4 is 5.73 Å². The first-order valence-corrected chi connectivity index (χ1v) is 4.31. The zero-order valence-electron chi connectivity index (χ0n) is 7.93. The Kier molecular flexibility index (Phi) is 3.82. The van der Waals surface area contributed by atoms with Crippen molar-refractivity contribution in [3.63, 3.8) is 0 Å². The number of nitrogens with zero attached hydrogens (tertiary/aromatic N) is 2. The quantitative estimate of drug-likeness (QED) is 0.852. The van der Waals surface area contributed by atoms with E-state index in [2.05, 4.69) is 5.10 Å². The van der Waals surface area contributed by atoms with Crippen molar-refractivity contribution in [1.82, 2.24) is 9.78 Å². The van der Waals surface area contributed by atoms with Crippen molar-refractivity contribution in [3.8, 4) is 5.69 Å². The van der Waals surface area contributed by atoms with Crippen LogP contribution in [0.2, 0.25) is 0 Å². The average Bonchev–Trinajstić information content (AvgIpc) is 2.66. The number of para-hydroxylation sites is 1. The molecule has 0 spiro atoms. The summed E-state index contributed by atoms with van der Waals surface area (Å²) in [5, 5.41) is 4.01. The molecule has 3 nitrogen and oxygen atoms in total. The molecule has 5 heteroatoms. The van der Waals surface area contributed by atoms with Crippen molar-refractivity contribution < 1.29 is 4.39 Å². The largest absolute Gasteiger partial charge is 0.325 e. The fourth-order valence-corrected chi connectivity index (χ4v) is 1.33. The predicted molar refractivity (Wildman–Crippen MR) is 58.7 cm³/mol. The van der Waals surface area contributed by atoms with Gasteiger partial charge in [0.2, 0.25) is 0 Å². The Balaban J connectivity index is 0.00000112. The lowest BCUT2D eigenvalue weighted by Crippen LogP contribution is -2.08. The Hall–Kier alpha value is -1.39. The van der Waals surface area contributed by atoms with E-state index in [4.69, 9.17) is 5.73 Å². The second-order valence-corrected chi connectivity index (χ2v) is 2.89. The molecule has 0 aliphatic heterocycles. The number of halogens is 2. The zero-order chi connectivity index (χ0) is 9.97. The van der Waals surface area contributed by atoms with Gasteiger partial charge in [-0.05, 0) is 18.2 Å². The summed E-state index contributed by atoms with van der Waals surface area (Å²) in [6.07, 6.45) is 1.61. The van der Waals surface area contributed by atoms with Crippen molar-refractivity contribution in [2.45, 2.75) is 6.54 Å². The molecule has 1 aromatic heterocycles. The van der Waals surface area contributed by atoms with Crippen LogP contribution in [-0.4, -0.2) is 9.78 Å². The highest BCUT2D eigenvalue weighted by Crippen LogP contribution is 2.13. The third-order valence-electron chi connectivity index (χ3n) is 2.01. The van der Waals surface area contributed by atoms with Gasteiger partial charge in [-0.3, -0.25) is 0 Å². The van der Waals surface area contributed by atoms with Crippen molar-refractivity contribution in [2.75, 3.05) is 0 Å². The standard InChI is InChI=1S/C10H10FN3.ClH/c11-9-3-1-2-4-10(9)14-8(7-12)5-6-13-14;/h1-6H,7,12H2;1H. The van der Waals surface area contributed by atoms with E-state index in [0.717, 1.165) is 5.69 Å². The number of hydrogen-bond acceptors (Lipinski definition) is 2. The zero-order valence-corrected chi connectivity index (χ0v) is 8.75. The van der Waals surface area contributed by atoms with Crippen LogP contribution in [0.25, 0.3) is 5.69 Å². The summed E-state index contributed by atoms with van der Waals surface area (Å²) in [6, 6.07) is 8.25. The summed E-state index contributed by atoms with van der Waals surface area (Å²) in [4.78, 5) is 0. The minimum Gasteiger partial charge on any atom is -0.325 e. The van der Waals surface area contributed by atoms with Gasteiger partial charge in [-0.25, -0.2) is 9.07 Å². The minimum absolute atomic E-state index is 0. The Morgan fingerprint density at radius 2 is 2.00 bits per heavy atom. The first-order valence-electron chi connectivity index (χ1n) is 4.31. The Labute approximate surface area is 93.1 Å². The van der Waals surface area contributed by atoms with Gasteiger partial charge in [0.1, 0.15) is 11.5 Å². The van der Waals surface area contributed by atoms with Gasteiger partial charge in [-0.1, -0.05) is 12.1 Å². The van der Waals surface area contributed by atoms with Crippen molar-refractivity contribution in [3.05, 3.63) is 48.0 Å². The lowest BCUT2D eigenvalue weighted by atomic mass is 10.3. The molecular weight excluding hydrogens is 217 g/mol. The van der Waals surface area contributed by atoms with Crippen LogP contribution >= 0.6 is 12.4 Å². The molecular formula is C10H11ClFN3. The smallest absolute Gasteiger partial charge is 0.148 e. The number of rotatable bonds is 2. The van der Waals surface area contributed by atoms with E-state index in [9.17, 15) is 4.39 Å². The fraction of sp³-hybridized carbons (Fsp3) is 0.100. The molecule has 0 atom stereocenters. The summed E-state index contributed by atoms with van der Waals surface area (Å²) in [5.74, 6) is -0.300. The van der Waals surface area contributed by atoms with E-state index in [0.29, 0.717) is 12.2 Å². The highest BCUT2D eigenvalue weighted by atomic mass is 35.5. The average molecular weight is 228 g/mol. The molecule has 0 bridgehead atoms. The van der Waals surface area contributed by atoms with Crippen LogP contribution in [0.15, 0.2) is 36.5 Å². The molecule has 0 radical (unpaired) electrons. The Bertz CT molecular complexity index is 442. The van der Waals surface area contributed by atoms with Crippen LogP contribution in [0.3, 0.4) is 0 Å². The summed E-state index contributed by atoms with van der Waals surface area (Å²) < 4.78 is 14.9. The third kappa shape index (κ3) is 2.16. The molecule has 0 aliphatic rings. The van der Waals surface area contributed by atoms with Gasteiger partial charge >= 0.3 is 0 Å². The number of aromatic nitrogens is 2. The van der Waals surface area contributed by atoms with Crippen molar-refractivity contribution in [1.29, 1.82) is 0 Å². The van der Waals surface area contributed by atoms with Gasteiger partial charge in [0.25, 0.3) is 0 Å². The monoisotopic (exact) mass is 227 g/mol. The molecule has 2 N–H and O–H groups in total. The molecule has 0 saturated heterocycles. The van der Waals surface area contributed by atoms with Crippen LogP contribution in [0, 0.1) is 5.82 Å². The minimum atomic E-state index is -0.300. The molecule has 1 aromatic carbocycles. The third-order valence-corrected chi connectivity index (χ3v) is 2.01. The molecule has 2 aromatic rings. The molecule has 0 amide bonds. The van der Waals surface area contributed by atoms with E-state index in [1.54, 1.807) is 30.5 Å². The van der Waals surface area contributed by atoms with Gasteiger partial charge in [0.15, 0.2) is 0 Å². The van der Waals surface area contributed by atoms with Crippen molar-refractivity contribution >= 4 is 12.4 Å². The molecule has 0 aliphatic carbocycles. The Morgan fingerprint density at radius 3 is 2.67 bits per heavy atom. The molecule has 80 valence electrons. The lowest BCUT2D eigenvalue weighted by molar-refractivity contribution is 0.606. The van der Waals surface area contributed by atoms with E-state index >= 15 is 0 Å². The molecule has 0 unspecified atom stereocenters. The summed E-state index contributed by atoms with van der Waals surface area (Å²) in [5.41, 5.74) is 6.72. The lowest BCUT2D eigenvalue weighted by Gasteiger charge is -2.06. The Morgan fingerprint density at radius 1 is 1.27 bits per heavy atom. The summed E-state index contributed by atoms with van der Waals surface area (Å²) in [6.45, 7) is 0.342. The fourth-order valence-electron chi connectivity index (χ4n) is 1.33. The molecule has 0 fully saturated rings. The molecule has 2 rings (SSSR count). The highest BCUT2D eigenvalue weighted by Gasteiger charge is 2.06. The maximum atomic E-state index is 13.4. The van der Waals surface area contributed by atoms with Crippen LogP contribution in [0.4, 0.5) is 4.39 Å². The first-order chi connectivity index (χ1) is 6.83. The van der Waals surface area contributed by atoms with Gasteiger partial charge < -0.3 is 5.73 Å². The van der Waals surface area contributed by atoms with Crippen LogP contribution in [0.5, 0.6) is 0 Å². The normalized spacial score (nSPS) is 9.73. The topological polar surface area (TPSA) is 43.8 Å². The van der Waals surface area contributed by atoms with E-state index < -0.39 is 0 Å². The van der Waals surface area contributed by atoms with E-state index in [1.807, 2.05) is 0 Å². The van der Waals surface area contributed by atoms with Gasteiger partial charge in [-0.15, -0.1) is 12.4 Å². The number of hydrogen-bond donors (Lipinski definition) is 1. The molecule has 0 saturated carbocycles. The number of nitrogens with two attached hydrogens (primary N) is 1. The van der Waals surface area contributed by atoms with Crippen LogP contribution in [0.1, 0.15) is 5.69 Å². The summed E-state index contributed by atoms with van der Waals surface area (Å²) >= 11 is 0. The van der Waals surface area contributed by atoms with E-state index in [1.165, 1.54) is 10.7 Å². The molecule has 1 heterocycles. The maximum absolute atomic E-state index is 13.4. The van der Waals surface area contributed by atoms with Gasteiger partial charge in [0, 0.05) is 12.7 Å². The van der Waals surface area contributed by atoms with Gasteiger partial charge in [0.05, 0.1) is 5.69 Å². The maximum Gasteiger partial charge on any atom is 0.148 e. The van der Waals surface area contributed by atoms with Crippen molar-refractivity contribution in [2.24, 2.45) is 5.73 Å². The number of benzene rings is 1. The highest BCUT2D eigenvalue weighted by molar-refractivity contribution is 5.85. The SMILES string of the molecule is Cl.NCc1ccnn1-c1ccccc1F. The second kappa shape index (κ2) is 4.91. The predicted octanol–water partition coefficient (Wildman–Crippen LogP) is 1.89. The first kappa shape index (κ1) is 11.7. The van der Waals surface area contributed by atoms with Crippen LogP contribution in [-0.2, 0) is 6.54 Å². The van der Waals surface area contributed by atoms with Gasteiger partial charge in [-0.2, -0.15) is 5.10 Å². The summed E-state index contributed by atoms with van der Waals surface area (Å²) in [7, 11) is 0. The molecule has 15 heavy (non-hydrogen) atoms. The second-order valence-electron chi connectivity index (χ2n) is 2.89. The van der Waals surface area contributed by atoms with E-state index in [-0.39, 0.29) is 18.2 Å².